The van der Waals surface area contributed by atoms with E-state index in [9.17, 15) is 0 Å². The highest BCUT2D eigenvalue weighted by atomic mass is 16.2. The molecule has 13 heavy (non-hydrogen) atoms. The Labute approximate surface area is 78.9 Å². The molecule has 0 atom stereocenters. The molecule has 0 aliphatic heterocycles. The maximum absolute atomic E-state index is 8.43. The van der Waals surface area contributed by atoms with Crippen LogP contribution in [0.15, 0.2) is 30.5 Å². The first kappa shape index (κ1) is 9.65. The highest BCUT2D eigenvalue weighted by Gasteiger charge is 1.92. The smallest absolute Gasteiger partial charge is 0.0769 e. The minimum absolute atomic E-state index is 0.652. The summed E-state index contributed by atoms with van der Waals surface area (Å²) in [6, 6.07) is 6.30. The zero-order valence-corrected chi connectivity index (χ0v) is 8.04. The summed E-state index contributed by atoms with van der Waals surface area (Å²) in [6.07, 6.45) is 2.72. The molecule has 1 aromatic carbocycles. The molecule has 1 rings (SSSR count). The second-order valence-corrected chi connectivity index (χ2v) is 3.14. The van der Waals surface area contributed by atoms with Gasteiger partial charge in [0.25, 0.3) is 0 Å². The van der Waals surface area contributed by atoms with Crippen LogP contribution in [0.25, 0.3) is 0 Å². The van der Waals surface area contributed by atoms with Gasteiger partial charge in [-0.05, 0) is 43.2 Å². The van der Waals surface area contributed by atoms with Crippen LogP contribution in [-0.2, 0) is 0 Å². The van der Waals surface area contributed by atoms with Gasteiger partial charge in [0, 0.05) is 12.2 Å². The first-order valence-electron chi connectivity index (χ1n) is 4.34. The Morgan fingerprint density at radius 2 is 1.85 bits per heavy atom. The van der Waals surface area contributed by atoms with Crippen LogP contribution < -0.4 is 5.32 Å². The van der Waals surface area contributed by atoms with E-state index in [1.807, 2.05) is 0 Å². The number of rotatable bonds is 3. The summed E-state index contributed by atoms with van der Waals surface area (Å²) in [5, 5.41) is 11.6. The van der Waals surface area contributed by atoms with Crippen LogP contribution in [0.4, 0.5) is 5.69 Å². The van der Waals surface area contributed by atoms with Gasteiger partial charge < -0.3 is 10.4 Å². The predicted octanol–water partition coefficient (Wildman–Crippen LogP) is 2.79. The van der Waals surface area contributed by atoms with E-state index < -0.39 is 0 Å². The quantitative estimate of drug-likeness (QED) is 0.696. The highest BCUT2D eigenvalue weighted by molar-refractivity contribution is 5.48. The number of benzene rings is 1. The molecule has 0 aliphatic rings. The zero-order chi connectivity index (χ0) is 9.68. The maximum Gasteiger partial charge on any atom is 0.0769 e. The second kappa shape index (κ2) is 4.55. The summed E-state index contributed by atoms with van der Waals surface area (Å²) in [6.45, 7) is 4.79. The number of nitrogens with one attached hydrogen (secondary N) is 1. The fourth-order valence-corrected chi connectivity index (χ4v) is 1.31. The van der Waals surface area contributed by atoms with Crippen molar-refractivity contribution in [2.75, 3.05) is 11.9 Å². The van der Waals surface area contributed by atoms with Crippen molar-refractivity contribution in [2.45, 2.75) is 13.8 Å². The lowest BCUT2D eigenvalue weighted by Gasteiger charge is -2.05. The van der Waals surface area contributed by atoms with Gasteiger partial charge in [-0.15, -0.1) is 0 Å². The molecule has 0 bridgehead atoms. The third kappa shape index (κ3) is 3.20. The van der Waals surface area contributed by atoms with Gasteiger partial charge in [0.05, 0.1) is 6.26 Å². The minimum atomic E-state index is 0.652. The summed E-state index contributed by atoms with van der Waals surface area (Å²) in [4.78, 5) is 0. The van der Waals surface area contributed by atoms with Crippen molar-refractivity contribution in [3.05, 3.63) is 41.7 Å². The molecule has 0 saturated carbocycles. The number of aliphatic hydroxyl groups excluding tert-OH is 1. The van der Waals surface area contributed by atoms with Crippen LogP contribution in [0.1, 0.15) is 11.1 Å². The summed E-state index contributed by atoms with van der Waals surface area (Å²) in [7, 11) is 0. The summed E-state index contributed by atoms with van der Waals surface area (Å²) in [5.74, 6) is 0. The van der Waals surface area contributed by atoms with Crippen LogP contribution in [0.3, 0.4) is 0 Å². The molecule has 0 aromatic heterocycles. The Balaban J connectivity index is 2.66. The van der Waals surface area contributed by atoms with Crippen molar-refractivity contribution in [3.8, 4) is 0 Å². The summed E-state index contributed by atoms with van der Waals surface area (Å²) < 4.78 is 0. The third-order valence-corrected chi connectivity index (χ3v) is 1.75. The molecule has 2 nitrogen and oxygen atoms in total. The molecular formula is C11H15NO. The number of anilines is 1. The van der Waals surface area contributed by atoms with E-state index in [0.717, 1.165) is 11.9 Å². The normalized spacial score (nSPS) is 10.6. The van der Waals surface area contributed by atoms with E-state index >= 15 is 0 Å². The molecule has 0 amide bonds. The van der Waals surface area contributed by atoms with Crippen molar-refractivity contribution in [1.29, 1.82) is 0 Å². The Morgan fingerprint density at radius 3 is 2.38 bits per heavy atom. The van der Waals surface area contributed by atoms with E-state index in [4.69, 9.17) is 5.11 Å². The topological polar surface area (TPSA) is 32.3 Å². The molecule has 2 heteroatoms. The maximum atomic E-state index is 8.43. The SMILES string of the molecule is Cc1cc(C)cc(NCC=CO)c1. The number of hydrogen-bond acceptors (Lipinski definition) is 2. The standard InChI is InChI=1S/C11H15NO/c1-9-6-10(2)8-11(7-9)12-4-3-5-13/h3,5-8,12-13H,4H2,1-2H3. The van der Waals surface area contributed by atoms with Gasteiger partial charge in [0.2, 0.25) is 0 Å². The molecule has 0 aliphatic carbocycles. The average Bonchev–Trinajstić information content (AvgIpc) is 2.03. The molecule has 0 heterocycles. The fourth-order valence-electron chi connectivity index (χ4n) is 1.31. The van der Waals surface area contributed by atoms with Gasteiger partial charge in [-0.25, -0.2) is 0 Å². The van der Waals surface area contributed by atoms with Crippen LogP contribution >= 0.6 is 0 Å². The van der Waals surface area contributed by atoms with Crippen molar-refractivity contribution < 1.29 is 5.11 Å². The summed E-state index contributed by atoms with van der Waals surface area (Å²) in [5.41, 5.74) is 3.58. The molecule has 0 spiro atoms. The van der Waals surface area contributed by atoms with Gasteiger partial charge in [-0.2, -0.15) is 0 Å². The van der Waals surface area contributed by atoms with E-state index in [2.05, 4.69) is 37.4 Å². The Kier molecular flexibility index (Phi) is 3.38. The zero-order valence-electron chi connectivity index (χ0n) is 8.04. The van der Waals surface area contributed by atoms with E-state index in [1.165, 1.54) is 11.1 Å². The van der Waals surface area contributed by atoms with Crippen molar-refractivity contribution >= 4 is 5.69 Å². The van der Waals surface area contributed by atoms with E-state index in [0.29, 0.717) is 6.54 Å². The molecule has 0 radical (unpaired) electrons. The Hall–Kier alpha value is -1.44. The molecule has 1 aromatic rings. The van der Waals surface area contributed by atoms with Crippen LogP contribution in [-0.4, -0.2) is 11.7 Å². The van der Waals surface area contributed by atoms with Gasteiger partial charge in [0.15, 0.2) is 0 Å². The molecule has 0 unspecified atom stereocenters. The molecule has 2 N–H and O–H groups in total. The lowest BCUT2D eigenvalue weighted by atomic mass is 10.1. The third-order valence-electron chi connectivity index (χ3n) is 1.75. The molecule has 70 valence electrons. The minimum Gasteiger partial charge on any atom is -0.516 e. The van der Waals surface area contributed by atoms with Crippen molar-refractivity contribution in [2.24, 2.45) is 0 Å². The van der Waals surface area contributed by atoms with E-state index in [-0.39, 0.29) is 0 Å². The largest absolute Gasteiger partial charge is 0.516 e. The van der Waals surface area contributed by atoms with Crippen LogP contribution in [0, 0.1) is 13.8 Å². The van der Waals surface area contributed by atoms with Gasteiger partial charge >= 0.3 is 0 Å². The van der Waals surface area contributed by atoms with Crippen LogP contribution in [0.5, 0.6) is 0 Å². The molecular weight excluding hydrogens is 162 g/mol. The predicted molar refractivity (Wildman–Crippen MR) is 56.2 cm³/mol. The summed E-state index contributed by atoms with van der Waals surface area (Å²) >= 11 is 0. The van der Waals surface area contributed by atoms with Gasteiger partial charge in [-0.1, -0.05) is 6.07 Å². The second-order valence-electron chi connectivity index (χ2n) is 3.14. The molecule has 0 saturated heterocycles. The molecule has 0 fully saturated rings. The number of aryl methyl sites for hydroxylation is 2. The first-order chi connectivity index (χ1) is 6.22. The monoisotopic (exact) mass is 177 g/mol. The Bertz CT molecular complexity index is 285. The van der Waals surface area contributed by atoms with Crippen LogP contribution in [0.2, 0.25) is 0 Å². The lowest BCUT2D eigenvalue weighted by molar-refractivity contribution is 0.472. The first-order valence-corrected chi connectivity index (χ1v) is 4.34. The Morgan fingerprint density at radius 1 is 1.23 bits per heavy atom. The average molecular weight is 177 g/mol. The highest BCUT2D eigenvalue weighted by Crippen LogP contribution is 2.13. The number of hydrogen-bond donors (Lipinski definition) is 2. The van der Waals surface area contributed by atoms with Crippen molar-refractivity contribution in [3.63, 3.8) is 0 Å². The number of aliphatic hydroxyl groups is 1. The lowest BCUT2D eigenvalue weighted by Crippen LogP contribution is -1.98. The van der Waals surface area contributed by atoms with E-state index in [1.54, 1.807) is 6.08 Å². The van der Waals surface area contributed by atoms with Gasteiger partial charge in [0.1, 0.15) is 0 Å². The van der Waals surface area contributed by atoms with Gasteiger partial charge in [-0.3, -0.25) is 0 Å². The fraction of sp³-hybridized carbons (Fsp3) is 0.273. The van der Waals surface area contributed by atoms with Crippen molar-refractivity contribution in [1.82, 2.24) is 0 Å².